The summed E-state index contributed by atoms with van der Waals surface area (Å²) in [5.41, 5.74) is 3.77. The van der Waals surface area contributed by atoms with E-state index >= 15 is 0 Å². The Labute approximate surface area is 147 Å². The first-order valence-electron chi connectivity index (χ1n) is 6.84. The third-order valence-corrected chi connectivity index (χ3v) is 3.59. The molecule has 0 amide bonds. The van der Waals surface area contributed by atoms with Gasteiger partial charge < -0.3 is 5.32 Å². The van der Waals surface area contributed by atoms with Crippen LogP contribution < -0.4 is 15.9 Å². The van der Waals surface area contributed by atoms with Gasteiger partial charge in [-0.25, -0.2) is 4.98 Å². The van der Waals surface area contributed by atoms with E-state index in [2.05, 4.69) is 25.7 Å². The van der Waals surface area contributed by atoms with E-state index in [4.69, 9.17) is 23.2 Å². The normalized spacial score (nSPS) is 10.3. The first-order chi connectivity index (χ1) is 11.6. The van der Waals surface area contributed by atoms with Crippen molar-refractivity contribution in [3.63, 3.8) is 0 Å². The molecule has 0 unspecified atom stereocenters. The second kappa shape index (κ2) is 7.31. The number of hydrogen-bond donors (Lipinski definition) is 3. The van der Waals surface area contributed by atoms with E-state index in [1.54, 1.807) is 18.2 Å². The first kappa shape index (κ1) is 16.3. The lowest BCUT2D eigenvalue weighted by Gasteiger charge is -2.18. The highest BCUT2D eigenvalue weighted by Crippen LogP contribution is 2.30. The van der Waals surface area contributed by atoms with Gasteiger partial charge in [-0.3, -0.25) is 10.6 Å². The van der Waals surface area contributed by atoms with Crippen LogP contribution in [0, 0.1) is 0 Å². The molecule has 0 bridgehead atoms. The summed E-state index contributed by atoms with van der Waals surface area (Å²) in [6.45, 7) is 0. The summed E-state index contributed by atoms with van der Waals surface area (Å²) < 4.78 is 0. The topological polar surface area (TPSA) is 86.2 Å². The average molecular weight is 363 g/mol. The number of para-hydroxylation sites is 2. The van der Waals surface area contributed by atoms with Crippen molar-refractivity contribution in [3.8, 4) is 0 Å². The van der Waals surface area contributed by atoms with Crippen LogP contribution in [0.1, 0.15) is 0 Å². The maximum absolute atomic E-state index is 10.1. The van der Waals surface area contributed by atoms with Crippen molar-refractivity contribution in [1.29, 1.82) is 0 Å². The molecule has 3 N–H and O–H groups in total. The van der Waals surface area contributed by atoms with Gasteiger partial charge in [-0.1, -0.05) is 47.5 Å². The Kier molecular flexibility index (Phi) is 4.95. The van der Waals surface area contributed by atoms with Gasteiger partial charge in [-0.15, -0.1) is 5.17 Å². The summed E-state index contributed by atoms with van der Waals surface area (Å²) in [4.78, 5) is 12.0. The standard InChI is InChI=1S/C15H12Cl2N6O/c16-11-7-4-8-12(17)13(11)22-23(24)15-19-9-18-14(21-15)20-10-5-2-1-3-6-10/h1-9,22,24H,(H,18,19,20,21). The lowest BCUT2D eigenvalue weighted by Crippen LogP contribution is -2.28. The smallest absolute Gasteiger partial charge is 0.275 e. The molecule has 0 saturated heterocycles. The number of aromatic nitrogens is 3. The van der Waals surface area contributed by atoms with Crippen LogP contribution in [0.15, 0.2) is 54.9 Å². The number of anilines is 4. The van der Waals surface area contributed by atoms with Crippen LogP contribution in [0.5, 0.6) is 0 Å². The summed E-state index contributed by atoms with van der Waals surface area (Å²) in [6.07, 6.45) is 1.27. The maximum atomic E-state index is 10.1. The van der Waals surface area contributed by atoms with Crippen molar-refractivity contribution < 1.29 is 5.21 Å². The Hall–Kier alpha value is -2.61. The van der Waals surface area contributed by atoms with Crippen LogP contribution in [0.25, 0.3) is 0 Å². The molecule has 0 atom stereocenters. The predicted octanol–water partition coefficient (Wildman–Crippen LogP) is 4.14. The maximum Gasteiger partial charge on any atom is 0.275 e. The molecule has 24 heavy (non-hydrogen) atoms. The molecule has 0 fully saturated rings. The molecule has 3 aromatic rings. The van der Waals surface area contributed by atoms with E-state index < -0.39 is 0 Å². The van der Waals surface area contributed by atoms with E-state index in [-0.39, 0.29) is 11.9 Å². The Morgan fingerprint density at radius 3 is 2.33 bits per heavy atom. The number of halogens is 2. The van der Waals surface area contributed by atoms with Crippen LogP contribution in [-0.4, -0.2) is 20.2 Å². The second-order valence-electron chi connectivity index (χ2n) is 4.62. The summed E-state index contributed by atoms with van der Waals surface area (Å²) >= 11 is 12.1. The second-order valence-corrected chi connectivity index (χ2v) is 5.43. The quantitative estimate of drug-likeness (QED) is 0.587. The van der Waals surface area contributed by atoms with Crippen molar-refractivity contribution in [2.24, 2.45) is 0 Å². The van der Waals surface area contributed by atoms with Gasteiger partial charge in [0.05, 0.1) is 15.7 Å². The minimum Gasteiger partial charge on any atom is -0.324 e. The fraction of sp³-hybridized carbons (Fsp3) is 0. The molecule has 7 nitrogen and oxygen atoms in total. The van der Waals surface area contributed by atoms with Crippen LogP contribution in [0.2, 0.25) is 10.0 Å². The molecule has 1 heterocycles. The Morgan fingerprint density at radius 1 is 0.917 bits per heavy atom. The van der Waals surface area contributed by atoms with Crippen molar-refractivity contribution in [2.75, 3.05) is 15.9 Å². The first-order valence-corrected chi connectivity index (χ1v) is 7.60. The molecular weight excluding hydrogens is 351 g/mol. The summed E-state index contributed by atoms with van der Waals surface area (Å²) in [5.74, 6) is 0.247. The number of rotatable bonds is 5. The Bertz CT molecular complexity index is 813. The molecular formula is C15H12Cl2N6O. The van der Waals surface area contributed by atoms with Gasteiger partial charge in [0.2, 0.25) is 5.95 Å². The number of benzene rings is 2. The van der Waals surface area contributed by atoms with Gasteiger partial charge in [0, 0.05) is 5.69 Å². The van der Waals surface area contributed by atoms with E-state index in [1.807, 2.05) is 30.3 Å². The Balaban J connectivity index is 1.78. The average Bonchev–Trinajstić information content (AvgIpc) is 2.59. The van der Waals surface area contributed by atoms with Crippen molar-refractivity contribution >= 4 is 46.5 Å². The summed E-state index contributed by atoms with van der Waals surface area (Å²) in [7, 11) is 0. The summed E-state index contributed by atoms with van der Waals surface area (Å²) in [6, 6.07) is 14.4. The molecule has 0 spiro atoms. The van der Waals surface area contributed by atoms with Gasteiger partial charge in [0.25, 0.3) is 5.95 Å². The molecule has 3 rings (SSSR count). The van der Waals surface area contributed by atoms with Crippen molar-refractivity contribution in [3.05, 3.63) is 64.9 Å². The molecule has 0 saturated carbocycles. The number of nitrogens with one attached hydrogen (secondary N) is 2. The lowest BCUT2D eigenvalue weighted by molar-refractivity contribution is 0.270. The van der Waals surface area contributed by atoms with Crippen molar-refractivity contribution in [1.82, 2.24) is 15.0 Å². The zero-order chi connectivity index (χ0) is 16.9. The van der Waals surface area contributed by atoms with E-state index in [0.29, 0.717) is 20.9 Å². The lowest BCUT2D eigenvalue weighted by atomic mass is 10.3. The van der Waals surface area contributed by atoms with Gasteiger partial charge in [-0.05, 0) is 24.3 Å². The molecule has 0 aliphatic rings. The number of nitrogens with zero attached hydrogens (tertiary/aromatic N) is 4. The zero-order valence-corrected chi connectivity index (χ0v) is 13.7. The monoisotopic (exact) mass is 362 g/mol. The number of hydrogen-bond acceptors (Lipinski definition) is 7. The van der Waals surface area contributed by atoms with Gasteiger partial charge in [0.1, 0.15) is 6.33 Å². The third-order valence-electron chi connectivity index (χ3n) is 2.96. The molecule has 0 aliphatic carbocycles. The molecule has 0 radical (unpaired) electrons. The molecule has 0 aliphatic heterocycles. The van der Waals surface area contributed by atoms with Gasteiger partial charge in [0.15, 0.2) is 0 Å². The highest BCUT2D eigenvalue weighted by molar-refractivity contribution is 6.39. The van der Waals surface area contributed by atoms with Crippen LogP contribution in [-0.2, 0) is 0 Å². The van der Waals surface area contributed by atoms with E-state index in [9.17, 15) is 5.21 Å². The molecule has 9 heteroatoms. The van der Waals surface area contributed by atoms with Crippen molar-refractivity contribution in [2.45, 2.75) is 0 Å². The molecule has 122 valence electrons. The third kappa shape index (κ3) is 3.83. The summed E-state index contributed by atoms with van der Waals surface area (Å²) in [5, 5.41) is 14.5. The van der Waals surface area contributed by atoms with E-state index in [0.717, 1.165) is 5.69 Å². The minimum atomic E-state index is -0.0283. The van der Waals surface area contributed by atoms with Crippen LogP contribution >= 0.6 is 23.2 Å². The highest BCUT2D eigenvalue weighted by atomic mass is 35.5. The fourth-order valence-corrected chi connectivity index (χ4v) is 2.34. The minimum absolute atomic E-state index is 0.0283. The van der Waals surface area contributed by atoms with Crippen LogP contribution in [0.3, 0.4) is 0 Å². The van der Waals surface area contributed by atoms with Crippen LogP contribution in [0.4, 0.5) is 23.3 Å². The predicted molar refractivity (Wildman–Crippen MR) is 93.9 cm³/mol. The molecule has 2 aromatic carbocycles. The fourth-order valence-electron chi connectivity index (χ4n) is 1.86. The van der Waals surface area contributed by atoms with Gasteiger partial charge in [-0.2, -0.15) is 9.97 Å². The van der Waals surface area contributed by atoms with Gasteiger partial charge >= 0.3 is 0 Å². The SMILES string of the molecule is ON(Nc1c(Cl)cccc1Cl)c1ncnc(Nc2ccccc2)n1. The van der Waals surface area contributed by atoms with E-state index in [1.165, 1.54) is 6.33 Å². The molecule has 1 aromatic heterocycles. The zero-order valence-electron chi connectivity index (χ0n) is 12.2. The highest BCUT2D eigenvalue weighted by Gasteiger charge is 2.12. The number of hydrazine groups is 1. The Morgan fingerprint density at radius 2 is 1.62 bits per heavy atom. The largest absolute Gasteiger partial charge is 0.324 e.